The fraction of sp³-hybridized carbons (Fsp3) is 0.600. The quantitative estimate of drug-likeness (QED) is 0.653. The molecular weight excluding hydrogens is 291 g/mol. The summed E-state index contributed by atoms with van der Waals surface area (Å²) in [5, 5.41) is 0.458. The SMILES string of the molecule is CN1CCCN(C)C(C(Cc2ccc(F)cc2Cl)NN)C1. The van der Waals surface area contributed by atoms with E-state index in [4.69, 9.17) is 17.4 Å². The molecule has 0 aliphatic carbocycles. The number of benzene rings is 1. The Morgan fingerprint density at radius 1 is 1.43 bits per heavy atom. The van der Waals surface area contributed by atoms with Crippen LogP contribution in [0.25, 0.3) is 0 Å². The molecule has 1 aliphatic heterocycles. The Balaban J connectivity index is 2.14. The van der Waals surface area contributed by atoms with Crippen molar-refractivity contribution in [2.45, 2.75) is 24.9 Å². The summed E-state index contributed by atoms with van der Waals surface area (Å²) in [4.78, 5) is 4.66. The predicted molar refractivity (Wildman–Crippen MR) is 84.8 cm³/mol. The molecule has 4 nitrogen and oxygen atoms in total. The highest BCUT2D eigenvalue weighted by molar-refractivity contribution is 6.31. The number of nitrogens with two attached hydrogens (primary N) is 1. The Kier molecular flexibility index (Phi) is 5.96. The van der Waals surface area contributed by atoms with Gasteiger partial charge in [-0.25, -0.2) is 4.39 Å². The molecule has 2 atom stereocenters. The van der Waals surface area contributed by atoms with Crippen molar-refractivity contribution in [3.8, 4) is 0 Å². The number of halogens is 2. The lowest BCUT2D eigenvalue weighted by Crippen LogP contribution is -2.55. The monoisotopic (exact) mass is 314 g/mol. The Morgan fingerprint density at radius 2 is 2.19 bits per heavy atom. The molecule has 1 aromatic carbocycles. The third kappa shape index (κ3) is 4.37. The van der Waals surface area contributed by atoms with E-state index in [0.717, 1.165) is 31.6 Å². The molecular formula is C15H24ClFN4. The van der Waals surface area contributed by atoms with Crippen LogP contribution in [0.3, 0.4) is 0 Å². The zero-order valence-electron chi connectivity index (χ0n) is 12.6. The summed E-state index contributed by atoms with van der Waals surface area (Å²) in [6.07, 6.45) is 1.83. The summed E-state index contributed by atoms with van der Waals surface area (Å²) < 4.78 is 13.1. The highest BCUT2D eigenvalue weighted by Crippen LogP contribution is 2.21. The summed E-state index contributed by atoms with van der Waals surface area (Å²) in [6, 6.07) is 4.90. The third-order valence-electron chi connectivity index (χ3n) is 4.25. The maximum absolute atomic E-state index is 13.1. The van der Waals surface area contributed by atoms with Crippen LogP contribution in [0.15, 0.2) is 18.2 Å². The minimum Gasteiger partial charge on any atom is -0.305 e. The fourth-order valence-corrected chi connectivity index (χ4v) is 3.21. The van der Waals surface area contributed by atoms with Crippen molar-refractivity contribution in [2.75, 3.05) is 33.7 Å². The fourth-order valence-electron chi connectivity index (χ4n) is 2.97. The number of hydrazine groups is 1. The molecule has 1 aromatic rings. The van der Waals surface area contributed by atoms with Crippen molar-refractivity contribution in [2.24, 2.45) is 5.84 Å². The Labute approximate surface area is 131 Å². The van der Waals surface area contributed by atoms with Gasteiger partial charge in [-0.3, -0.25) is 11.3 Å². The van der Waals surface area contributed by atoms with E-state index in [0.29, 0.717) is 17.5 Å². The molecule has 0 amide bonds. The number of rotatable bonds is 4. The lowest BCUT2D eigenvalue weighted by atomic mass is 9.98. The number of hydrogen-bond acceptors (Lipinski definition) is 4. The van der Waals surface area contributed by atoms with Gasteiger partial charge >= 0.3 is 0 Å². The second-order valence-corrected chi connectivity index (χ2v) is 6.28. The van der Waals surface area contributed by atoms with Gasteiger partial charge < -0.3 is 9.80 Å². The van der Waals surface area contributed by atoms with Crippen molar-refractivity contribution in [1.29, 1.82) is 0 Å². The van der Waals surface area contributed by atoms with Crippen LogP contribution >= 0.6 is 11.6 Å². The lowest BCUT2D eigenvalue weighted by Gasteiger charge is -2.34. The number of hydrogen-bond donors (Lipinski definition) is 2. The van der Waals surface area contributed by atoms with Crippen LogP contribution in [0.4, 0.5) is 4.39 Å². The van der Waals surface area contributed by atoms with Crippen LogP contribution in [0.2, 0.25) is 5.02 Å². The van der Waals surface area contributed by atoms with E-state index in [9.17, 15) is 4.39 Å². The Morgan fingerprint density at radius 3 is 2.86 bits per heavy atom. The molecule has 1 saturated heterocycles. The van der Waals surface area contributed by atoms with Gasteiger partial charge in [0.15, 0.2) is 0 Å². The van der Waals surface area contributed by atoms with Crippen LogP contribution in [0.1, 0.15) is 12.0 Å². The molecule has 0 radical (unpaired) electrons. The van der Waals surface area contributed by atoms with Gasteiger partial charge in [0.2, 0.25) is 0 Å². The molecule has 1 fully saturated rings. The van der Waals surface area contributed by atoms with Crippen LogP contribution in [-0.4, -0.2) is 55.6 Å². The molecule has 0 saturated carbocycles. The van der Waals surface area contributed by atoms with E-state index in [2.05, 4.69) is 29.3 Å². The molecule has 2 unspecified atom stereocenters. The van der Waals surface area contributed by atoms with Crippen LogP contribution in [-0.2, 0) is 6.42 Å². The predicted octanol–water partition coefficient (Wildman–Crippen LogP) is 1.49. The van der Waals surface area contributed by atoms with E-state index >= 15 is 0 Å². The second kappa shape index (κ2) is 7.51. The minimum atomic E-state index is -0.313. The van der Waals surface area contributed by atoms with E-state index in [1.54, 1.807) is 6.07 Å². The van der Waals surface area contributed by atoms with Crippen LogP contribution in [0.5, 0.6) is 0 Å². The molecule has 21 heavy (non-hydrogen) atoms. The third-order valence-corrected chi connectivity index (χ3v) is 4.60. The topological polar surface area (TPSA) is 44.5 Å². The first kappa shape index (κ1) is 16.6. The average molecular weight is 315 g/mol. The van der Waals surface area contributed by atoms with Gasteiger partial charge in [0.25, 0.3) is 0 Å². The van der Waals surface area contributed by atoms with Gasteiger partial charge in [-0.05, 0) is 57.7 Å². The highest BCUT2D eigenvalue weighted by Gasteiger charge is 2.28. The standard InChI is InChI=1S/C15H24ClFN4/c1-20-6-3-7-21(2)15(10-20)14(19-18)8-11-4-5-12(17)9-13(11)16/h4-5,9,14-15,19H,3,6-8,10,18H2,1-2H3. The zero-order chi connectivity index (χ0) is 15.4. The first-order valence-corrected chi connectivity index (χ1v) is 7.68. The molecule has 118 valence electrons. The minimum absolute atomic E-state index is 0.0681. The smallest absolute Gasteiger partial charge is 0.124 e. The highest BCUT2D eigenvalue weighted by atomic mass is 35.5. The maximum Gasteiger partial charge on any atom is 0.124 e. The largest absolute Gasteiger partial charge is 0.305 e. The van der Waals surface area contributed by atoms with Gasteiger partial charge in [0.1, 0.15) is 5.82 Å². The van der Waals surface area contributed by atoms with Gasteiger partial charge in [-0.1, -0.05) is 17.7 Å². The molecule has 0 aromatic heterocycles. The lowest BCUT2D eigenvalue weighted by molar-refractivity contribution is 0.177. The molecule has 2 rings (SSSR count). The van der Waals surface area contributed by atoms with E-state index in [-0.39, 0.29) is 11.9 Å². The Hall–Kier alpha value is -0.720. The van der Waals surface area contributed by atoms with Gasteiger partial charge in [-0.2, -0.15) is 0 Å². The number of nitrogens with one attached hydrogen (secondary N) is 1. The van der Waals surface area contributed by atoms with Crippen molar-refractivity contribution in [1.82, 2.24) is 15.2 Å². The van der Waals surface area contributed by atoms with E-state index < -0.39 is 0 Å². The van der Waals surface area contributed by atoms with E-state index in [1.165, 1.54) is 12.1 Å². The molecule has 0 spiro atoms. The summed E-state index contributed by atoms with van der Waals surface area (Å²) in [5.41, 5.74) is 3.84. The molecule has 6 heteroatoms. The summed E-state index contributed by atoms with van der Waals surface area (Å²) in [7, 11) is 4.26. The van der Waals surface area contributed by atoms with Gasteiger partial charge in [0.05, 0.1) is 0 Å². The zero-order valence-corrected chi connectivity index (χ0v) is 13.4. The summed E-state index contributed by atoms with van der Waals surface area (Å²) >= 11 is 6.13. The second-order valence-electron chi connectivity index (χ2n) is 5.88. The molecule has 1 heterocycles. The van der Waals surface area contributed by atoms with Crippen molar-refractivity contribution >= 4 is 11.6 Å². The summed E-state index contributed by atoms with van der Waals surface area (Å²) in [5.74, 6) is 5.47. The van der Waals surface area contributed by atoms with Crippen LogP contribution in [0, 0.1) is 5.82 Å². The van der Waals surface area contributed by atoms with Gasteiger partial charge in [-0.15, -0.1) is 0 Å². The maximum atomic E-state index is 13.1. The number of nitrogens with zero attached hydrogens (tertiary/aromatic N) is 2. The molecule has 1 aliphatic rings. The average Bonchev–Trinajstić information content (AvgIpc) is 2.60. The van der Waals surface area contributed by atoms with E-state index in [1.807, 2.05) is 0 Å². The van der Waals surface area contributed by atoms with Crippen molar-refractivity contribution in [3.63, 3.8) is 0 Å². The molecule has 3 N–H and O–H groups in total. The van der Waals surface area contributed by atoms with Crippen molar-refractivity contribution in [3.05, 3.63) is 34.6 Å². The summed E-state index contributed by atoms with van der Waals surface area (Å²) in [6.45, 7) is 3.09. The van der Waals surface area contributed by atoms with Gasteiger partial charge in [0, 0.05) is 23.7 Å². The molecule has 0 bridgehead atoms. The number of likely N-dealkylation sites (N-methyl/N-ethyl adjacent to an activating group) is 2. The normalized spacial score (nSPS) is 23.0. The first-order valence-electron chi connectivity index (χ1n) is 7.30. The first-order chi connectivity index (χ1) is 10.0. The van der Waals surface area contributed by atoms with Crippen LogP contribution < -0.4 is 11.3 Å². The Bertz CT molecular complexity index is 471. The van der Waals surface area contributed by atoms with Crippen molar-refractivity contribution < 1.29 is 4.39 Å².